The maximum absolute atomic E-state index is 12.4. The van der Waals surface area contributed by atoms with E-state index in [4.69, 9.17) is 0 Å². The van der Waals surface area contributed by atoms with Gasteiger partial charge in [0, 0.05) is 9.77 Å². The van der Waals surface area contributed by atoms with Gasteiger partial charge in [0.2, 0.25) is 0 Å². The molecule has 84 valence electrons. The van der Waals surface area contributed by atoms with Crippen molar-refractivity contribution in [3.63, 3.8) is 0 Å². The first-order valence-corrected chi connectivity index (χ1v) is 5.74. The molecule has 1 heterocycles. The Hall–Kier alpha value is -0.330. The van der Waals surface area contributed by atoms with E-state index in [9.17, 15) is 13.2 Å². The Labute approximate surface area is 100 Å². The summed E-state index contributed by atoms with van der Waals surface area (Å²) in [6.45, 7) is 2.04. The van der Waals surface area contributed by atoms with E-state index in [1.165, 1.54) is 6.20 Å². The van der Waals surface area contributed by atoms with Crippen LogP contribution in [0.15, 0.2) is 12.3 Å². The van der Waals surface area contributed by atoms with Gasteiger partial charge in [-0.05, 0) is 47.1 Å². The summed E-state index contributed by atoms with van der Waals surface area (Å²) in [6.07, 6.45) is -0.237. The third-order valence-corrected chi connectivity index (χ3v) is 2.81. The van der Waals surface area contributed by atoms with Gasteiger partial charge in [-0.3, -0.25) is 4.98 Å². The Balaban J connectivity index is 2.89. The molecule has 0 N–H and O–H groups in total. The fraction of sp³-hybridized carbons (Fsp3) is 0.500. The predicted octanol–water partition coefficient (Wildman–Crippen LogP) is 4.05. The molecule has 0 spiro atoms. The lowest BCUT2D eigenvalue weighted by Crippen LogP contribution is -2.10. The van der Waals surface area contributed by atoms with Crippen LogP contribution in [0.5, 0.6) is 0 Å². The largest absolute Gasteiger partial charge is 0.434 e. The van der Waals surface area contributed by atoms with E-state index in [2.05, 4.69) is 4.98 Å². The molecule has 1 aromatic rings. The Morgan fingerprint density at radius 1 is 1.40 bits per heavy atom. The van der Waals surface area contributed by atoms with Crippen LogP contribution in [0.2, 0.25) is 0 Å². The van der Waals surface area contributed by atoms with Crippen LogP contribution in [0, 0.1) is 3.57 Å². The van der Waals surface area contributed by atoms with Crippen molar-refractivity contribution < 1.29 is 13.2 Å². The highest BCUT2D eigenvalue weighted by Crippen LogP contribution is 2.31. The zero-order valence-corrected chi connectivity index (χ0v) is 10.4. The summed E-state index contributed by atoms with van der Waals surface area (Å²) >= 11 is 1.68. The Kier molecular flexibility index (Phi) is 4.36. The van der Waals surface area contributed by atoms with E-state index >= 15 is 0 Å². The summed E-state index contributed by atoms with van der Waals surface area (Å²) in [6, 6.07) is 1.56. The van der Waals surface area contributed by atoms with Gasteiger partial charge in [0.1, 0.15) is 0 Å². The zero-order chi connectivity index (χ0) is 11.5. The van der Waals surface area contributed by atoms with Crippen molar-refractivity contribution in [1.82, 2.24) is 4.98 Å². The second-order valence-corrected chi connectivity index (χ2v) is 4.44. The van der Waals surface area contributed by atoms with Gasteiger partial charge in [-0.25, -0.2) is 0 Å². The normalized spacial score (nSPS) is 11.8. The first-order chi connectivity index (χ1) is 6.95. The molecular formula is C10H11F3IN. The van der Waals surface area contributed by atoms with Crippen molar-refractivity contribution in [3.8, 4) is 0 Å². The molecule has 0 aliphatic heterocycles. The number of halogens is 4. The Morgan fingerprint density at radius 3 is 2.53 bits per heavy atom. The van der Waals surface area contributed by atoms with Gasteiger partial charge in [0.05, 0.1) is 0 Å². The molecule has 0 saturated heterocycles. The smallest absolute Gasteiger partial charge is 0.250 e. The minimum absolute atomic E-state index is 0.175. The molecule has 0 aromatic carbocycles. The van der Waals surface area contributed by atoms with Crippen LogP contribution in [0.4, 0.5) is 13.2 Å². The molecule has 0 atom stereocenters. The third-order valence-electron chi connectivity index (χ3n) is 1.99. The highest BCUT2D eigenvalue weighted by Gasteiger charge is 2.34. The summed E-state index contributed by atoms with van der Waals surface area (Å²) in [5.41, 5.74) is 0.0811. The average molecular weight is 329 g/mol. The molecule has 0 saturated carbocycles. The van der Waals surface area contributed by atoms with Crippen molar-refractivity contribution in [2.24, 2.45) is 0 Å². The van der Waals surface area contributed by atoms with Crippen molar-refractivity contribution in [1.29, 1.82) is 0 Å². The van der Waals surface area contributed by atoms with Gasteiger partial charge >= 0.3 is 6.18 Å². The Bertz CT molecular complexity index is 336. The van der Waals surface area contributed by atoms with Crippen LogP contribution >= 0.6 is 22.6 Å². The van der Waals surface area contributed by atoms with Crippen LogP contribution in [0.1, 0.15) is 31.0 Å². The van der Waals surface area contributed by atoms with Crippen molar-refractivity contribution in [2.45, 2.75) is 32.4 Å². The maximum atomic E-state index is 12.4. The van der Waals surface area contributed by atoms with Crippen LogP contribution in [-0.4, -0.2) is 4.98 Å². The SMILES string of the molecule is CCCCc1cnc(C(F)(F)F)c(I)c1. The van der Waals surface area contributed by atoms with Crippen LogP contribution in [0.25, 0.3) is 0 Å². The number of hydrogen-bond donors (Lipinski definition) is 0. The first kappa shape index (κ1) is 12.7. The number of pyridine rings is 1. The van der Waals surface area contributed by atoms with E-state index < -0.39 is 11.9 Å². The molecule has 0 unspecified atom stereocenters. The highest BCUT2D eigenvalue weighted by atomic mass is 127. The molecule has 0 radical (unpaired) electrons. The number of aromatic nitrogens is 1. The number of nitrogens with zero attached hydrogens (tertiary/aromatic N) is 1. The van der Waals surface area contributed by atoms with Crippen molar-refractivity contribution in [3.05, 3.63) is 27.1 Å². The van der Waals surface area contributed by atoms with Gasteiger partial charge < -0.3 is 0 Å². The van der Waals surface area contributed by atoms with Crippen LogP contribution in [-0.2, 0) is 12.6 Å². The molecule has 5 heteroatoms. The molecule has 0 aliphatic carbocycles. The monoisotopic (exact) mass is 329 g/mol. The lowest BCUT2D eigenvalue weighted by atomic mass is 10.1. The van der Waals surface area contributed by atoms with Gasteiger partial charge in [-0.2, -0.15) is 13.2 Å². The van der Waals surface area contributed by atoms with Gasteiger partial charge in [0.15, 0.2) is 5.69 Å². The summed E-state index contributed by atoms with van der Waals surface area (Å²) < 4.78 is 37.3. The van der Waals surface area contributed by atoms with Crippen LogP contribution < -0.4 is 0 Å². The molecule has 1 rings (SSSR count). The van der Waals surface area contributed by atoms with Crippen LogP contribution in [0.3, 0.4) is 0 Å². The lowest BCUT2D eigenvalue weighted by Gasteiger charge is -2.09. The summed E-state index contributed by atoms with van der Waals surface area (Å²) in [4.78, 5) is 3.47. The van der Waals surface area contributed by atoms with Gasteiger partial charge in [0.25, 0.3) is 0 Å². The second-order valence-electron chi connectivity index (χ2n) is 3.28. The van der Waals surface area contributed by atoms with E-state index in [0.717, 1.165) is 24.8 Å². The summed E-state index contributed by atoms with van der Waals surface area (Å²) in [7, 11) is 0. The molecule has 1 aromatic heterocycles. The Morgan fingerprint density at radius 2 is 2.07 bits per heavy atom. The number of hydrogen-bond acceptors (Lipinski definition) is 1. The van der Waals surface area contributed by atoms with Gasteiger partial charge in [-0.1, -0.05) is 13.3 Å². The van der Waals surface area contributed by atoms with Gasteiger partial charge in [-0.15, -0.1) is 0 Å². The molecule has 0 fully saturated rings. The maximum Gasteiger partial charge on any atom is 0.434 e. The summed E-state index contributed by atoms with van der Waals surface area (Å²) in [5.74, 6) is 0. The van der Waals surface area contributed by atoms with E-state index in [-0.39, 0.29) is 3.57 Å². The molecule has 0 amide bonds. The van der Waals surface area contributed by atoms with E-state index in [0.29, 0.717) is 0 Å². The number of aryl methyl sites for hydroxylation is 1. The van der Waals surface area contributed by atoms with E-state index in [1.54, 1.807) is 28.7 Å². The topological polar surface area (TPSA) is 12.9 Å². The molecule has 15 heavy (non-hydrogen) atoms. The number of unbranched alkanes of at least 4 members (excludes halogenated alkanes) is 1. The minimum atomic E-state index is -4.35. The standard InChI is InChI=1S/C10H11F3IN/c1-2-3-4-7-5-8(14)9(15-6-7)10(11,12)13/h5-6H,2-4H2,1H3. The molecule has 0 bridgehead atoms. The average Bonchev–Trinajstić information content (AvgIpc) is 2.12. The summed E-state index contributed by atoms with van der Waals surface area (Å²) in [5, 5.41) is 0. The van der Waals surface area contributed by atoms with Crippen molar-refractivity contribution >= 4 is 22.6 Å². The fourth-order valence-corrected chi connectivity index (χ4v) is 2.05. The number of alkyl halides is 3. The predicted molar refractivity (Wildman–Crippen MR) is 60.6 cm³/mol. The van der Waals surface area contributed by atoms with Crippen molar-refractivity contribution in [2.75, 3.05) is 0 Å². The quantitative estimate of drug-likeness (QED) is 0.763. The lowest BCUT2D eigenvalue weighted by molar-refractivity contribution is -0.141. The third kappa shape index (κ3) is 3.62. The zero-order valence-electron chi connectivity index (χ0n) is 8.24. The van der Waals surface area contributed by atoms with E-state index in [1.807, 2.05) is 6.92 Å². The fourth-order valence-electron chi connectivity index (χ4n) is 1.20. The minimum Gasteiger partial charge on any atom is -0.250 e. The number of rotatable bonds is 3. The second kappa shape index (κ2) is 5.14. The molecule has 1 nitrogen and oxygen atoms in total. The molecule has 0 aliphatic rings. The first-order valence-electron chi connectivity index (χ1n) is 4.66. The highest BCUT2D eigenvalue weighted by molar-refractivity contribution is 14.1. The molecular weight excluding hydrogens is 318 g/mol.